The minimum Gasteiger partial charge on any atom is -0.450 e. The summed E-state index contributed by atoms with van der Waals surface area (Å²) in [6, 6.07) is 7.59. The van der Waals surface area contributed by atoms with Crippen LogP contribution in [0.15, 0.2) is 28.7 Å². The average molecular weight is 489 g/mol. The fourth-order valence-corrected chi connectivity index (χ4v) is 4.72. The number of amides is 2. The average Bonchev–Trinajstić information content (AvgIpc) is 3.20. The molecule has 2 aliphatic heterocycles. The van der Waals surface area contributed by atoms with Gasteiger partial charge in [-0.2, -0.15) is 0 Å². The topological polar surface area (TPSA) is 87.9 Å². The Morgan fingerprint density at radius 2 is 1.79 bits per heavy atom. The van der Waals surface area contributed by atoms with E-state index in [0.29, 0.717) is 37.2 Å². The number of ether oxygens (including phenoxy) is 1. The summed E-state index contributed by atoms with van der Waals surface area (Å²) in [6.07, 6.45) is 2.93. The van der Waals surface area contributed by atoms with Gasteiger partial charge in [0, 0.05) is 42.2 Å². The van der Waals surface area contributed by atoms with Crippen LogP contribution in [-0.2, 0) is 16.1 Å². The SMILES string of the molecule is CCOC(=O)N1CCC(NC(=O)C2CCN(Cc3nc(-c4ccc(Cl)cc4)oc3C)CC2)CC1. The molecule has 3 heterocycles. The molecule has 0 radical (unpaired) electrons. The molecule has 1 aromatic carbocycles. The van der Waals surface area contributed by atoms with Gasteiger partial charge in [0.25, 0.3) is 0 Å². The molecule has 4 rings (SSSR count). The molecule has 1 aromatic heterocycles. The molecular formula is C25H33ClN4O4. The molecule has 2 aromatic rings. The molecule has 9 heteroatoms. The quantitative estimate of drug-likeness (QED) is 0.654. The van der Waals surface area contributed by atoms with Gasteiger partial charge in [-0.15, -0.1) is 0 Å². The molecule has 1 N–H and O–H groups in total. The Balaban J connectivity index is 1.22. The van der Waals surface area contributed by atoms with Gasteiger partial charge in [0.2, 0.25) is 11.8 Å². The van der Waals surface area contributed by atoms with Crippen LogP contribution in [0.3, 0.4) is 0 Å². The minimum absolute atomic E-state index is 0.0300. The van der Waals surface area contributed by atoms with Gasteiger partial charge in [0.05, 0.1) is 12.3 Å². The molecule has 0 unspecified atom stereocenters. The molecule has 8 nitrogen and oxygen atoms in total. The monoisotopic (exact) mass is 488 g/mol. The van der Waals surface area contributed by atoms with E-state index in [1.54, 1.807) is 4.90 Å². The second-order valence-corrected chi connectivity index (χ2v) is 9.48. The van der Waals surface area contributed by atoms with Crippen molar-refractivity contribution in [1.29, 1.82) is 0 Å². The molecule has 2 saturated heterocycles. The Labute approximate surface area is 205 Å². The lowest BCUT2D eigenvalue weighted by atomic mass is 9.94. The fourth-order valence-electron chi connectivity index (χ4n) is 4.60. The number of aryl methyl sites for hydroxylation is 1. The lowest BCUT2D eigenvalue weighted by molar-refractivity contribution is -0.127. The van der Waals surface area contributed by atoms with E-state index in [-0.39, 0.29) is 24.0 Å². The Morgan fingerprint density at radius 3 is 2.44 bits per heavy atom. The first-order valence-electron chi connectivity index (χ1n) is 12.1. The minimum atomic E-state index is -0.262. The van der Waals surface area contributed by atoms with E-state index in [1.165, 1.54) is 0 Å². The van der Waals surface area contributed by atoms with Crippen LogP contribution in [0.1, 0.15) is 44.1 Å². The summed E-state index contributed by atoms with van der Waals surface area (Å²) in [6.45, 7) is 7.78. The first kappa shape index (κ1) is 24.5. The van der Waals surface area contributed by atoms with Crippen molar-refractivity contribution in [1.82, 2.24) is 20.1 Å². The van der Waals surface area contributed by atoms with Gasteiger partial charge in [0.15, 0.2) is 0 Å². The van der Waals surface area contributed by atoms with Crippen LogP contribution in [0.4, 0.5) is 4.79 Å². The second-order valence-electron chi connectivity index (χ2n) is 9.05. The molecule has 184 valence electrons. The Hall–Kier alpha value is -2.58. The highest BCUT2D eigenvalue weighted by atomic mass is 35.5. The van der Waals surface area contributed by atoms with E-state index in [4.69, 9.17) is 25.7 Å². The van der Waals surface area contributed by atoms with E-state index in [9.17, 15) is 9.59 Å². The van der Waals surface area contributed by atoms with Crippen LogP contribution in [0.25, 0.3) is 11.5 Å². The van der Waals surface area contributed by atoms with Crippen molar-refractivity contribution < 1.29 is 18.7 Å². The number of halogens is 1. The summed E-state index contributed by atoms with van der Waals surface area (Å²) in [5.74, 6) is 1.59. The molecule has 0 aliphatic carbocycles. The molecule has 2 aliphatic rings. The Bertz CT molecular complexity index is 977. The van der Waals surface area contributed by atoms with Crippen molar-refractivity contribution in [3.05, 3.63) is 40.7 Å². The van der Waals surface area contributed by atoms with Crippen LogP contribution in [0.5, 0.6) is 0 Å². The van der Waals surface area contributed by atoms with Crippen molar-refractivity contribution in [2.24, 2.45) is 5.92 Å². The second kappa shape index (κ2) is 11.2. The van der Waals surface area contributed by atoms with Crippen molar-refractivity contribution in [2.45, 2.75) is 52.1 Å². The molecule has 0 saturated carbocycles. The first-order valence-corrected chi connectivity index (χ1v) is 12.5. The fraction of sp³-hybridized carbons (Fsp3) is 0.560. The highest BCUT2D eigenvalue weighted by Crippen LogP contribution is 2.26. The van der Waals surface area contributed by atoms with Crippen molar-refractivity contribution in [3.8, 4) is 11.5 Å². The molecular weight excluding hydrogens is 456 g/mol. The van der Waals surface area contributed by atoms with Crippen LogP contribution in [0, 0.1) is 12.8 Å². The third kappa shape index (κ3) is 6.10. The number of nitrogens with zero attached hydrogens (tertiary/aromatic N) is 3. The smallest absolute Gasteiger partial charge is 0.409 e. The van der Waals surface area contributed by atoms with Crippen molar-refractivity contribution in [3.63, 3.8) is 0 Å². The summed E-state index contributed by atoms with van der Waals surface area (Å²) >= 11 is 5.98. The zero-order valence-corrected chi connectivity index (χ0v) is 20.6. The summed E-state index contributed by atoms with van der Waals surface area (Å²) in [7, 11) is 0. The number of piperidine rings is 2. The maximum Gasteiger partial charge on any atom is 0.409 e. The van der Waals surface area contributed by atoms with Gasteiger partial charge in [-0.3, -0.25) is 9.69 Å². The van der Waals surface area contributed by atoms with Crippen LogP contribution >= 0.6 is 11.6 Å². The predicted octanol–water partition coefficient (Wildman–Crippen LogP) is 4.25. The summed E-state index contributed by atoms with van der Waals surface area (Å²) < 4.78 is 10.9. The van der Waals surface area contributed by atoms with Gasteiger partial charge in [0.1, 0.15) is 5.76 Å². The summed E-state index contributed by atoms with van der Waals surface area (Å²) in [5.41, 5.74) is 1.84. The molecule has 34 heavy (non-hydrogen) atoms. The molecule has 2 amide bonds. The van der Waals surface area contributed by atoms with Crippen LogP contribution in [-0.4, -0.2) is 65.6 Å². The van der Waals surface area contributed by atoms with Gasteiger partial charge in [-0.25, -0.2) is 9.78 Å². The first-order chi connectivity index (χ1) is 16.4. The highest BCUT2D eigenvalue weighted by Gasteiger charge is 2.29. The van der Waals surface area contributed by atoms with Gasteiger partial charge < -0.3 is 19.4 Å². The molecule has 0 spiro atoms. The number of aromatic nitrogens is 1. The third-order valence-corrected chi connectivity index (χ3v) is 6.93. The van der Waals surface area contributed by atoms with E-state index >= 15 is 0 Å². The largest absolute Gasteiger partial charge is 0.450 e. The van der Waals surface area contributed by atoms with Crippen molar-refractivity contribution >= 4 is 23.6 Å². The summed E-state index contributed by atoms with van der Waals surface area (Å²) in [5, 5.41) is 3.89. The number of oxazole rings is 1. The number of carbonyl (C=O) groups is 2. The lowest BCUT2D eigenvalue weighted by Gasteiger charge is -2.34. The highest BCUT2D eigenvalue weighted by molar-refractivity contribution is 6.30. The Kier molecular flexibility index (Phi) is 8.11. The van der Waals surface area contributed by atoms with Gasteiger partial charge in [-0.1, -0.05) is 11.6 Å². The standard InChI is InChI=1S/C25H33ClN4O4/c1-3-33-25(32)30-14-10-21(11-15-30)27-23(31)18-8-12-29(13-9-18)16-22-17(2)34-24(28-22)19-4-6-20(26)7-5-19/h4-7,18,21H,3,8-16H2,1-2H3,(H,27,31). The van der Waals surface area contributed by atoms with E-state index in [2.05, 4.69) is 10.2 Å². The van der Waals surface area contributed by atoms with Crippen molar-refractivity contribution in [2.75, 3.05) is 32.8 Å². The predicted molar refractivity (Wildman–Crippen MR) is 129 cm³/mol. The summed E-state index contributed by atoms with van der Waals surface area (Å²) in [4.78, 5) is 33.4. The number of hydrogen-bond acceptors (Lipinski definition) is 6. The van der Waals surface area contributed by atoms with E-state index in [1.807, 2.05) is 38.1 Å². The molecule has 2 fully saturated rings. The van der Waals surface area contributed by atoms with Gasteiger partial charge >= 0.3 is 6.09 Å². The Morgan fingerprint density at radius 1 is 1.12 bits per heavy atom. The zero-order valence-electron chi connectivity index (χ0n) is 19.9. The number of likely N-dealkylation sites (tertiary alicyclic amines) is 2. The maximum atomic E-state index is 12.8. The zero-order chi connectivity index (χ0) is 24.1. The maximum absolute atomic E-state index is 12.8. The van der Waals surface area contributed by atoms with Crippen LogP contribution < -0.4 is 5.32 Å². The number of hydrogen-bond donors (Lipinski definition) is 1. The number of benzene rings is 1. The van der Waals surface area contributed by atoms with Crippen LogP contribution in [0.2, 0.25) is 5.02 Å². The van der Waals surface area contributed by atoms with E-state index < -0.39 is 0 Å². The number of carbonyl (C=O) groups excluding carboxylic acids is 2. The molecule has 0 atom stereocenters. The normalized spacial score (nSPS) is 18.1. The third-order valence-electron chi connectivity index (χ3n) is 6.68. The number of nitrogens with one attached hydrogen (secondary N) is 1. The number of rotatable bonds is 6. The molecule has 0 bridgehead atoms. The van der Waals surface area contributed by atoms with Gasteiger partial charge in [-0.05, 0) is 76.9 Å². The van der Waals surface area contributed by atoms with E-state index in [0.717, 1.165) is 55.8 Å². The lowest BCUT2D eigenvalue weighted by Crippen LogP contribution is -2.49.